The van der Waals surface area contributed by atoms with Gasteiger partial charge in [0.05, 0.1) is 6.04 Å². The monoisotopic (exact) mass is 403 g/mol. The molecule has 0 aliphatic carbocycles. The normalized spacial score (nSPS) is 14.9. The minimum absolute atomic E-state index is 0.00250. The average molecular weight is 404 g/mol. The Kier molecular flexibility index (Phi) is 7.79. The Morgan fingerprint density at radius 3 is 2.59 bits per heavy atom. The fraction of sp³-hybridized carbons (Fsp3) is 0.591. The van der Waals surface area contributed by atoms with Crippen LogP contribution in [0.4, 0.5) is 5.69 Å². The Labute approximate surface area is 172 Å². The van der Waals surface area contributed by atoms with Gasteiger partial charge in [-0.15, -0.1) is 0 Å². The number of carbonyl (C=O) groups is 3. The topological polar surface area (TPSA) is 98.7 Å². The summed E-state index contributed by atoms with van der Waals surface area (Å²) in [6, 6.07) is 5.19. The second-order valence-electron chi connectivity index (χ2n) is 8.62. The van der Waals surface area contributed by atoms with E-state index in [1.54, 1.807) is 26.0 Å². The van der Waals surface area contributed by atoms with E-state index in [-0.39, 0.29) is 29.2 Å². The van der Waals surface area contributed by atoms with E-state index in [1.165, 1.54) is 0 Å². The van der Waals surface area contributed by atoms with E-state index in [0.29, 0.717) is 24.9 Å². The first kappa shape index (κ1) is 22.9. The second kappa shape index (κ2) is 9.87. The van der Waals surface area contributed by atoms with Crippen LogP contribution >= 0.6 is 0 Å². The maximum absolute atomic E-state index is 12.4. The number of amides is 3. The Morgan fingerprint density at radius 1 is 1.21 bits per heavy atom. The van der Waals surface area contributed by atoms with Crippen LogP contribution in [0, 0.1) is 0 Å². The summed E-state index contributed by atoms with van der Waals surface area (Å²) in [5.41, 5.74) is 2.05. The smallest absolute Gasteiger partial charge is 0.251 e. The molecular formula is C22H33N3O4. The van der Waals surface area contributed by atoms with Crippen LogP contribution in [0.25, 0.3) is 0 Å². The van der Waals surface area contributed by atoms with Crippen molar-refractivity contribution in [2.24, 2.45) is 0 Å². The number of hydroxylamine groups is 2. The van der Waals surface area contributed by atoms with Crippen LogP contribution in [0.15, 0.2) is 18.2 Å². The van der Waals surface area contributed by atoms with E-state index < -0.39 is 0 Å². The maximum Gasteiger partial charge on any atom is 0.251 e. The number of benzene rings is 1. The molecule has 3 N–H and O–H groups in total. The summed E-state index contributed by atoms with van der Waals surface area (Å²) in [7, 11) is 0. The number of hydrogen-bond acceptors (Lipinski definition) is 4. The first-order valence-corrected chi connectivity index (χ1v) is 10.4. The summed E-state index contributed by atoms with van der Waals surface area (Å²) in [5.74, 6) is -0.374. The highest BCUT2D eigenvalue weighted by molar-refractivity contribution is 5.98. The molecule has 0 fully saturated rings. The van der Waals surface area contributed by atoms with Crippen LogP contribution in [0.2, 0.25) is 0 Å². The molecule has 0 atom stereocenters. The number of anilines is 1. The number of carbonyl (C=O) groups excluding carboxylic acids is 3. The molecule has 0 bridgehead atoms. The molecule has 7 heteroatoms. The van der Waals surface area contributed by atoms with Crippen LogP contribution in [-0.4, -0.2) is 40.6 Å². The standard InChI is InChI=1S/C22H33N3O4/c1-15(2)25(29)20(27)9-7-5-6-8-12-23-21(28)16-10-11-18-17(13-16)22(3,4)14-19(26)24-18/h10-11,13,15,29H,5-9,12,14H2,1-4H3,(H,23,28)(H,24,26). The minimum Gasteiger partial charge on any atom is -0.352 e. The Balaban J connectivity index is 1.73. The molecule has 1 heterocycles. The number of hydrogen-bond donors (Lipinski definition) is 3. The average Bonchev–Trinajstić information content (AvgIpc) is 2.65. The molecule has 1 aromatic carbocycles. The maximum atomic E-state index is 12.4. The van der Waals surface area contributed by atoms with Crippen molar-refractivity contribution in [1.82, 2.24) is 10.4 Å². The van der Waals surface area contributed by atoms with Gasteiger partial charge in [0.1, 0.15) is 0 Å². The third kappa shape index (κ3) is 6.29. The molecule has 0 aromatic heterocycles. The predicted molar refractivity (Wildman–Crippen MR) is 112 cm³/mol. The van der Waals surface area contributed by atoms with Crippen molar-refractivity contribution in [2.45, 2.75) is 77.7 Å². The minimum atomic E-state index is -0.300. The lowest BCUT2D eigenvalue weighted by atomic mass is 9.77. The lowest BCUT2D eigenvalue weighted by Crippen LogP contribution is -2.33. The van der Waals surface area contributed by atoms with Crippen molar-refractivity contribution in [2.75, 3.05) is 11.9 Å². The van der Waals surface area contributed by atoms with Crippen LogP contribution < -0.4 is 10.6 Å². The van der Waals surface area contributed by atoms with Crippen molar-refractivity contribution in [3.05, 3.63) is 29.3 Å². The molecule has 0 unspecified atom stereocenters. The fourth-order valence-electron chi connectivity index (χ4n) is 3.51. The third-order valence-corrected chi connectivity index (χ3v) is 5.24. The van der Waals surface area contributed by atoms with Gasteiger partial charge in [-0.3, -0.25) is 19.6 Å². The molecule has 1 aliphatic heterocycles. The zero-order valence-electron chi connectivity index (χ0n) is 17.9. The molecule has 0 saturated heterocycles. The van der Waals surface area contributed by atoms with Crippen molar-refractivity contribution in [3.63, 3.8) is 0 Å². The summed E-state index contributed by atoms with van der Waals surface area (Å²) >= 11 is 0. The Hall–Kier alpha value is -2.41. The van der Waals surface area contributed by atoms with Gasteiger partial charge in [0.15, 0.2) is 0 Å². The summed E-state index contributed by atoms with van der Waals surface area (Å²) < 4.78 is 0. The number of nitrogens with zero attached hydrogens (tertiary/aromatic N) is 1. The van der Waals surface area contributed by atoms with Gasteiger partial charge in [0, 0.05) is 36.1 Å². The summed E-state index contributed by atoms with van der Waals surface area (Å²) in [5, 5.41) is 16.1. The van der Waals surface area contributed by atoms with Gasteiger partial charge in [0.25, 0.3) is 5.91 Å². The molecule has 160 valence electrons. The van der Waals surface area contributed by atoms with Crippen molar-refractivity contribution < 1.29 is 19.6 Å². The molecule has 0 saturated carbocycles. The molecule has 0 radical (unpaired) electrons. The van der Waals surface area contributed by atoms with Crippen molar-refractivity contribution >= 4 is 23.4 Å². The largest absolute Gasteiger partial charge is 0.352 e. The van der Waals surface area contributed by atoms with Crippen LogP contribution in [0.1, 0.15) is 82.1 Å². The number of fused-ring (bicyclic) bond motifs is 1. The van der Waals surface area contributed by atoms with E-state index in [4.69, 9.17) is 0 Å². The van der Waals surface area contributed by atoms with Crippen molar-refractivity contribution in [3.8, 4) is 0 Å². The van der Waals surface area contributed by atoms with E-state index in [0.717, 1.165) is 42.0 Å². The lowest BCUT2D eigenvalue weighted by Gasteiger charge is -2.32. The Morgan fingerprint density at radius 2 is 1.90 bits per heavy atom. The highest BCUT2D eigenvalue weighted by Gasteiger charge is 2.32. The second-order valence-corrected chi connectivity index (χ2v) is 8.62. The predicted octanol–water partition coefficient (Wildman–Crippen LogP) is 3.61. The van der Waals surface area contributed by atoms with Crippen LogP contribution in [0.3, 0.4) is 0 Å². The van der Waals surface area contributed by atoms with Gasteiger partial charge in [-0.25, -0.2) is 5.06 Å². The van der Waals surface area contributed by atoms with Gasteiger partial charge < -0.3 is 10.6 Å². The van der Waals surface area contributed by atoms with Gasteiger partial charge in [-0.2, -0.15) is 0 Å². The molecule has 1 aliphatic rings. The number of nitrogens with one attached hydrogen (secondary N) is 2. The highest BCUT2D eigenvalue weighted by atomic mass is 16.5. The van der Waals surface area contributed by atoms with Gasteiger partial charge >= 0.3 is 0 Å². The highest BCUT2D eigenvalue weighted by Crippen LogP contribution is 2.37. The summed E-state index contributed by atoms with van der Waals surface area (Å²) in [4.78, 5) is 35.9. The molecule has 1 aromatic rings. The molecule has 0 spiro atoms. The van der Waals surface area contributed by atoms with E-state index in [1.807, 2.05) is 19.9 Å². The quantitative estimate of drug-likeness (QED) is 0.333. The first-order valence-electron chi connectivity index (χ1n) is 10.4. The lowest BCUT2D eigenvalue weighted by molar-refractivity contribution is -0.172. The summed E-state index contributed by atoms with van der Waals surface area (Å²) in [6.45, 7) is 8.12. The number of rotatable bonds is 9. The zero-order chi connectivity index (χ0) is 21.6. The van der Waals surface area contributed by atoms with E-state index >= 15 is 0 Å². The molecular weight excluding hydrogens is 370 g/mol. The van der Waals surface area contributed by atoms with E-state index in [9.17, 15) is 19.6 Å². The van der Waals surface area contributed by atoms with Gasteiger partial charge in [0.2, 0.25) is 11.8 Å². The fourth-order valence-corrected chi connectivity index (χ4v) is 3.51. The van der Waals surface area contributed by atoms with Gasteiger partial charge in [-0.1, -0.05) is 26.7 Å². The van der Waals surface area contributed by atoms with Crippen LogP contribution in [0.5, 0.6) is 0 Å². The van der Waals surface area contributed by atoms with Crippen molar-refractivity contribution in [1.29, 1.82) is 0 Å². The van der Waals surface area contributed by atoms with Gasteiger partial charge in [-0.05, 0) is 50.5 Å². The Bertz CT molecular complexity index is 758. The van der Waals surface area contributed by atoms with E-state index in [2.05, 4.69) is 10.6 Å². The molecule has 3 amide bonds. The third-order valence-electron chi connectivity index (χ3n) is 5.24. The molecule has 7 nitrogen and oxygen atoms in total. The first-order chi connectivity index (χ1) is 13.6. The molecule has 29 heavy (non-hydrogen) atoms. The van der Waals surface area contributed by atoms with Crippen LogP contribution in [-0.2, 0) is 15.0 Å². The summed E-state index contributed by atoms with van der Waals surface area (Å²) in [6.07, 6.45) is 4.08. The zero-order valence-corrected chi connectivity index (χ0v) is 17.9. The molecule has 2 rings (SSSR count). The SMILES string of the molecule is CC(C)N(O)C(=O)CCCCCCNC(=O)c1ccc2c(c1)C(C)(C)CC(=O)N2. The number of unbranched alkanes of at least 4 members (excludes halogenated alkanes) is 3.